The Hall–Kier alpha value is -3.33. The molecule has 0 radical (unpaired) electrons. The normalized spacial score (nSPS) is 9.93. The number of allylic oxidation sites excluding steroid dienone is 4. The van der Waals surface area contributed by atoms with Crippen LogP contribution in [-0.4, -0.2) is 15.0 Å². The number of hydrogen-bond acceptors (Lipinski definition) is 3. The maximum atomic E-state index is 4.64. The number of benzene rings is 2. The highest BCUT2D eigenvalue weighted by atomic mass is 15.0. The van der Waals surface area contributed by atoms with Crippen molar-refractivity contribution in [2.24, 2.45) is 0 Å². The van der Waals surface area contributed by atoms with Crippen LogP contribution in [0.15, 0.2) is 92.0 Å². The van der Waals surface area contributed by atoms with Crippen molar-refractivity contribution in [2.45, 2.75) is 27.7 Å². The molecule has 0 unspecified atom stereocenters. The molecule has 2 aromatic carbocycles. The van der Waals surface area contributed by atoms with Gasteiger partial charge in [-0.2, -0.15) is 0 Å². The summed E-state index contributed by atoms with van der Waals surface area (Å²) in [6.07, 6.45) is 5.39. The molecule has 3 heteroatoms. The lowest BCUT2D eigenvalue weighted by molar-refractivity contribution is 1.03. The Morgan fingerprint density at radius 1 is 0.750 bits per heavy atom. The highest BCUT2D eigenvalue weighted by Crippen LogP contribution is 2.22. The van der Waals surface area contributed by atoms with Crippen LogP contribution < -0.4 is 0 Å². The predicted molar refractivity (Wildman–Crippen MR) is 122 cm³/mol. The number of rotatable bonds is 4. The first-order valence-corrected chi connectivity index (χ1v) is 9.43. The van der Waals surface area contributed by atoms with Crippen LogP contribution in [0.25, 0.3) is 28.3 Å². The lowest BCUT2D eigenvalue weighted by atomic mass is 10.1. The molecule has 0 atom stereocenters. The molecule has 0 N–H and O–H groups in total. The quantitative estimate of drug-likeness (QED) is 0.365. The van der Waals surface area contributed by atoms with Crippen LogP contribution in [0.1, 0.15) is 33.5 Å². The summed E-state index contributed by atoms with van der Waals surface area (Å²) in [5.74, 6) is 2.01. The van der Waals surface area contributed by atoms with Gasteiger partial charge in [-0.15, -0.1) is 6.58 Å². The van der Waals surface area contributed by atoms with E-state index in [2.05, 4.69) is 28.1 Å². The van der Waals surface area contributed by atoms with Gasteiger partial charge in [-0.1, -0.05) is 99.3 Å². The van der Waals surface area contributed by atoms with Crippen molar-refractivity contribution < 1.29 is 0 Å². The van der Waals surface area contributed by atoms with Gasteiger partial charge in [-0.3, -0.25) is 0 Å². The molecular weight excluding hydrogens is 342 g/mol. The van der Waals surface area contributed by atoms with Gasteiger partial charge in [-0.05, 0) is 19.4 Å². The molecule has 3 aromatic rings. The van der Waals surface area contributed by atoms with E-state index in [0.29, 0.717) is 17.5 Å². The Balaban J connectivity index is 0.000000717. The van der Waals surface area contributed by atoms with Gasteiger partial charge in [0.15, 0.2) is 17.5 Å². The smallest absolute Gasteiger partial charge is 0.164 e. The molecule has 3 rings (SSSR count). The van der Waals surface area contributed by atoms with Crippen molar-refractivity contribution in [3.63, 3.8) is 0 Å². The second kappa shape index (κ2) is 12.9. The topological polar surface area (TPSA) is 38.7 Å². The van der Waals surface area contributed by atoms with Crippen molar-refractivity contribution in [1.82, 2.24) is 15.0 Å². The van der Waals surface area contributed by atoms with Gasteiger partial charge >= 0.3 is 0 Å². The zero-order valence-corrected chi connectivity index (χ0v) is 17.3. The SMILES string of the molecule is C=C/C=C(\C)c1nc(-c2ccccc2)nc(-c2ccccc2)n1.C=CC.CC. The predicted octanol–water partition coefficient (Wildman–Crippen LogP) is 7.01. The third-order valence-corrected chi connectivity index (χ3v) is 3.42. The van der Waals surface area contributed by atoms with Crippen molar-refractivity contribution in [2.75, 3.05) is 0 Å². The Kier molecular flexibility index (Phi) is 10.5. The average Bonchev–Trinajstić information content (AvgIpc) is 2.77. The van der Waals surface area contributed by atoms with Crippen molar-refractivity contribution >= 4 is 5.57 Å². The van der Waals surface area contributed by atoms with E-state index < -0.39 is 0 Å². The summed E-state index contributed by atoms with van der Waals surface area (Å²) in [6.45, 7) is 15.0. The molecule has 0 bridgehead atoms. The van der Waals surface area contributed by atoms with E-state index in [-0.39, 0.29) is 0 Å². The van der Waals surface area contributed by atoms with Crippen molar-refractivity contribution in [1.29, 1.82) is 0 Å². The molecule has 0 fully saturated rings. The van der Waals surface area contributed by atoms with Crippen LogP contribution in [0.4, 0.5) is 0 Å². The monoisotopic (exact) mass is 371 g/mol. The Labute approximate surface area is 169 Å². The van der Waals surface area contributed by atoms with Gasteiger partial charge in [-0.25, -0.2) is 15.0 Å². The van der Waals surface area contributed by atoms with Crippen LogP contribution in [0, 0.1) is 0 Å². The molecular formula is C25H29N3. The fourth-order valence-corrected chi connectivity index (χ4v) is 2.24. The van der Waals surface area contributed by atoms with Gasteiger partial charge in [0, 0.05) is 11.1 Å². The minimum absolute atomic E-state index is 0.664. The van der Waals surface area contributed by atoms with Gasteiger partial charge in [0.25, 0.3) is 0 Å². The van der Waals surface area contributed by atoms with Gasteiger partial charge in [0.05, 0.1) is 0 Å². The van der Waals surface area contributed by atoms with E-state index in [0.717, 1.165) is 16.7 Å². The average molecular weight is 372 g/mol. The standard InChI is InChI=1S/C20H17N3.C3H6.C2H6/c1-3-10-15(2)18-21-19(16-11-6-4-7-12-16)23-20(22-18)17-13-8-5-9-14-17;1-3-2;1-2/h3-14H,1H2,2H3;3H,1H2,2H3;1-2H3/b15-10+;;. The van der Waals surface area contributed by atoms with E-state index in [1.54, 1.807) is 12.2 Å². The van der Waals surface area contributed by atoms with Gasteiger partial charge in [0.1, 0.15) is 0 Å². The van der Waals surface area contributed by atoms with E-state index in [9.17, 15) is 0 Å². The maximum Gasteiger partial charge on any atom is 0.164 e. The van der Waals surface area contributed by atoms with Crippen LogP contribution in [-0.2, 0) is 0 Å². The van der Waals surface area contributed by atoms with Crippen molar-refractivity contribution in [3.8, 4) is 22.8 Å². The Bertz CT molecular complexity index is 824. The lowest BCUT2D eigenvalue weighted by Gasteiger charge is -2.08. The van der Waals surface area contributed by atoms with Crippen LogP contribution >= 0.6 is 0 Å². The second-order valence-electron chi connectivity index (χ2n) is 5.53. The lowest BCUT2D eigenvalue weighted by Crippen LogP contribution is -2.01. The molecule has 0 spiro atoms. The van der Waals surface area contributed by atoms with E-state index in [1.165, 1.54) is 0 Å². The highest BCUT2D eigenvalue weighted by molar-refractivity contribution is 5.66. The molecule has 0 amide bonds. The fourth-order valence-electron chi connectivity index (χ4n) is 2.24. The summed E-state index contributed by atoms with van der Waals surface area (Å²) in [6, 6.07) is 19.9. The molecule has 0 aliphatic heterocycles. The summed E-state index contributed by atoms with van der Waals surface area (Å²) >= 11 is 0. The largest absolute Gasteiger partial charge is 0.209 e. The first kappa shape index (κ1) is 22.7. The fraction of sp³-hybridized carbons (Fsp3) is 0.160. The maximum absolute atomic E-state index is 4.64. The highest BCUT2D eigenvalue weighted by Gasteiger charge is 2.10. The molecule has 0 aliphatic rings. The van der Waals surface area contributed by atoms with Crippen LogP contribution in [0.2, 0.25) is 0 Å². The summed E-state index contributed by atoms with van der Waals surface area (Å²) < 4.78 is 0. The van der Waals surface area contributed by atoms with Gasteiger partial charge < -0.3 is 0 Å². The summed E-state index contributed by atoms with van der Waals surface area (Å²) in [5, 5.41) is 0. The van der Waals surface area contributed by atoms with Crippen LogP contribution in [0.3, 0.4) is 0 Å². The summed E-state index contributed by atoms with van der Waals surface area (Å²) in [5.41, 5.74) is 2.90. The summed E-state index contributed by atoms with van der Waals surface area (Å²) in [4.78, 5) is 13.9. The second-order valence-corrected chi connectivity index (χ2v) is 5.53. The first-order valence-electron chi connectivity index (χ1n) is 9.43. The first-order chi connectivity index (χ1) is 13.7. The number of aromatic nitrogens is 3. The van der Waals surface area contributed by atoms with Crippen LogP contribution in [0.5, 0.6) is 0 Å². The Morgan fingerprint density at radius 2 is 1.14 bits per heavy atom. The summed E-state index contributed by atoms with van der Waals surface area (Å²) in [7, 11) is 0. The minimum Gasteiger partial charge on any atom is -0.209 e. The van der Waals surface area contributed by atoms with Gasteiger partial charge in [0.2, 0.25) is 0 Å². The minimum atomic E-state index is 0.664. The molecule has 144 valence electrons. The molecule has 0 saturated heterocycles. The van der Waals surface area contributed by atoms with E-state index >= 15 is 0 Å². The third-order valence-electron chi connectivity index (χ3n) is 3.42. The number of nitrogens with zero attached hydrogens (tertiary/aromatic N) is 3. The zero-order valence-electron chi connectivity index (χ0n) is 17.3. The molecule has 0 aliphatic carbocycles. The molecule has 3 nitrogen and oxygen atoms in total. The third kappa shape index (κ3) is 6.76. The molecule has 28 heavy (non-hydrogen) atoms. The number of hydrogen-bond donors (Lipinski definition) is 0. The molecule has 1 heterocycles. The van der Waals surface area contributed by atoms with E-state index in [4.69, 9.17) is 0 Å². The van der Waals surface area contributed by atoms with E-state index in [1.807, 2.05) is 94.4 Å². The van der Waals surface area contributed by atoms with Crippen molar-refractivity contribution in [3.05, 3.63) is 97.9 Å². The Morgan fingerprint density at radius 3 is 1.50 bits per heavy atom. The molecule has 1 aromatic heterocycles. The zero-order chi connectivity index (χ0) is 20.8. The molecule has 0 saturated carbocycles.